The van der Waals surface area contributed by atoms with Crippen LogP contribution in [-0.2, 0) is 9.59 Å². The maximum Gasteiger partial charge on any atom is 0.303 e. The van der Waals surface area contributed by atoms with Crippen LogP contribution in [0.4, 0.5) is 5.69 Å². The third-order valence-corrected chi connectivity index (χ3v) is 2.90. The van der Waals surface area contributed by atoms with E-state index in [0.29, 0.717) is 11.4 Å². The molecule has 2 aromatic rings. The van der Waals surface area contributed by atoms with E-state index in [9.17, 15) is 9.59 Å². The topological polar surface area (TPSA) is 97.1 Å². The normalized spacial score (nSPS) is 11.9. The molecular formula is C14H16N4O3. The number of carboxylic acids is 1. The molecule has 7 heteroatoms. The van der Waals surface area contributed by atoms with E-state index in [4.69, 9.17) is 5.11 Å². The van der Waals surface area contributed by atoms with Gasteiger partial charge in [-0.3, -0.25) is 9.59 Å². The third kappa shape index (κ3) is 4.13. The summed E-state index contributed by atoms with van der Waals surface area (Å²) in [4.78, 5) is 26.5. The van der Waals surface area contributed by atoms with Crippen molar-refractivity contribution >= 4 is 17.6 Å². The van der Waals surface area contributed by atoms with Gasteiger partial charge in [-0.25, -0.2) is 9.67 Å². The molecule has 1 atom stereocenters. The number of carboxylic acid groups (broad SMARTS) is 1. The summed E-state index contributed by atoms with van der Waals surface area (Å²) in [6, 6.07) is 7.21. The highest BCUT2D eigenvalue weighted by molar-refractivity contribution is 5.93. The van der Waals surface area contributed by atoms with Gasteiger partial charge in [0.2, 0.25) is 5.91 Å². The Morgan fingerprint density at radius 1 is 1.33 bits per heavy atom. The van der Waals surface area contributed by atoms with E-state index in [0.717, 1.165) is 0 Å². The van der Waals surface area contributed by atoms with Crippen molar-refractivity contribution in [2.24, 2.45) is 5.92 Å². The molecule has 0 spiro atoms. The van der Waals surface area contributed by atoms with Gasteiger partial charge in [0.05, 0.1) is 11.4 Å². The predicted octanol–water partition coefficient (Wildman–Crippen LogP) is 1.71. The number of aliphatic carboxylic acids is 1. The van der Waals surface area contributed by atoms with E-state index < -0.39 is 5.97 Å². The van der Waals surface area contributed by atoms with Gasteiger partial charge in [0.1, 0.15) is 12.7 Å². The van der Waals surface area contributed by atoms with E-state index in [2.05, 4.69) is 15.4 Å². The third-order valence-electron chi connectivity index (χ3n) is 2.90. The summed E-state index contributed by atoms with van der Waals surface area (Å²) in [6.07, 6.45) is 3.07. The predicted molar refractivity (Wildman–Crippen MR) is 76.0 cm³/mol. The molecule has 2 N–H and O–H groups in total. The Hall–Kier alpha value is -2.70. The van der Waals surface area contributed by atoms with Crippen molar-refractivity contribution < 1.29 is 14.7 Å². The number of hydrogen-bond donors (Lipinski definition) is 2. The van der Waals surface area contributed by atoms with Gasteiger partial charge in [-0.2, -0.15) is 5.10 Å². The number of hydrogen-bond acceptors (Lipinski definition) is 4. The summed E-state index contributed by atoms with van der Waals surface area (Å²) in [6.45, 7) is 1.73. The number of benzene rings is 1. The minimum absolute atomic E-state index is 0.0296. The van der Waals surface area contributed by atoms with Gasteiger partial charge in [0.25, 0.3) is 0 Å². The average Bonchev–Trinajstić information content (AvgIpc) is 2.91. The van der Waals surface area contributed by atoms with Crippen LogP contribution in [0.1, 0.15) is 19.8 Å². The Bertz CT molecular complexity index is 625. The van der Waals surface area contributed by atoms with Crippen LogP contribution in [-0.4, -0.2) is 31.7 Å². The molecule has 1 heterocycles. The van der Waals surface area contributed by atoms with Crippen LogP contribution < -0.4 is 5.32 Å². The average molecular weight is 288 g/mol. The summed E-state index contributed by atoms with van der Waals surface area (Å²) in [7, 11) is 0. The Morgan fingerprint density at radius 2 is 2.10 bits per heavy atom. The molecule has 0 aliphatic rings. The Balaban J connectivity index is 2.06. The van der Waals surface area contributed by atoms with Crippen LogP contribution in [0, 0.1) is 5.92 Å². The minimum atomic E-state index is -0.904. The Labute approximate surface area is 121 Å². The van der Waals surface area contributed by atoms with Crippen molar-refractivity contribution in [3.05, 3.63) is 36.9 Å². The van der Waals surface area contributed by atoms with E-state index in [1.165, 1.54) is 12.7 Å². The van der Waals surface area contributed by atoms with Crippen LogP contribution in [0.5, 0.6) is 0 Å². The smallest absolute Gasteiger partial charge is 0.303 e. The number of nitrogens with zero attached hydrogens (tertiary/aromatic N) is 3. The SMILES string of the molecule is CC(CC(=O)O)CC(=O)Nc1ccccc1-n1cncn1. The quantitative estimate of drug-likeness (QED) is 0.843. The van der Waals surface area contributed by atoms with Gasteiger partial charge in [-0.15, -0.1) is 0 Å². The van der Waals surface area contributed by atoms with E-state index in [-0.39, 0.29) is 24.7 Å². The van der Waals surface area contributed by atoms with Crippen LogP contribution in [0.15, 0.2) is 36.9 Å². The largest absolute Gasteiger partial charge is 0.481 e. The first kappa shape index (κ1) is 14.7. The van der Waals surface area contributed by atoms with E-state index >= 15 is 0 Å². The molecule has 0 aliphatic heterocycles. The maximum absolute atomic E-state index is 12.0. The summed E-state index contributed by atoms with van der Waals surface area (Å²) >= 11 is 0. The second-order valence-corrected chi connectivity index (χ2v) is 4.81. The molecule has 0 bridgehead atoms. The summed E-state index contributed by atoms with van der Waals surface area (Å²) < 4.78 is 1.55. The number of amides is 1. The zero-order valence-electron chi connectivity index (χ0n) is 11.6. The monoisotopic (exact) mass is 288 g/mol. The molecule has 1 amide bonds. The number of aromatic nitrogens is 3. The van der Waals surface area contributed by atoms with Gasteiger partial charge in [-0.05, 0) is 18.1 Å². The number of anilines is 1. The minimum Gasteiger partial charge on any atom is -0.481 e. The number of rotatable bonds is 6. The molecule has 0 saturated heterocycles. The molecule has 0 aliphatic carbocycles. The molecule has 2 rings (SSSR count). The Kier molecular flexibility index (Phi) is 4.65. The first-order valence-electron chi connectivity index (χ1n) is 6.52. The maximum atomic E-state index is 12.0. The number of carbonyl (C=O) groups excluding carboxylic acids is 1. The first-order chi connectivity index (χ1) is 10.1. The molecule has 0 fully saturated rings. The van der Waals surface area contributed by atoms with E-state index in [1.807, 2.05) is 12.1 Å². The fourth-order valence-electron chi connectivity index (χ4n) is 2.00. The standard InChI is InChI=1S/C14H16N4O3/c1-10(7-14(20)21)6-13(19)17-11-4-2-3-5-12(11)18-9-15-8-16-18/h2-5,8-10H,6-7H2,1H3,(H,17,19)(H,20,21). The van der Waals surface area contributed by atoms with Crippen LogP contribution in [0.25, 0.3) is 5.69 Å². The molecule has 0 saturated carbocycles. The van der Waals surface area contributed by atoms with Crippen LogP contribution in [0.3, 0.4) is 0 Å². The lowest BCUT2D eigenvalue weighted by Crippen LogP contribution is -2.18. The summed E-state index contributed by atoms with van der Waals surface area (Å²) in [5.41, 5.74) is 1.31. The van der Waals surface area contributed by atoms with Gasteiger partial charge in [0.15, 0.2) is 0 Å². The zero-order valence-corrected chi connectivity index (χ0v) is 11.6. The van der Waals surface area contributed by atoms with Crippen LogP contribution >= 0.6 is 0 Å². The molecule has 1 aromatic heterocycles. The molecule has 0 radical (unpaired) electrons. The van der Waals surface area contributed by atoms with Gasteiger partial charge < -0.3 is 10.4 Å². The molecule has 1 aromatic carbocycles. The molecular weight excluding hydrogens is 272 g/mol. The van der Waals surface area contributed by atoms with Crippen molar-refractivity contribution in [1.29, 1.82) is 0 Å². The highest BCUT2D eigenvalue weighted by atomic mass is 16.4. The second kappa shape index (κ2) is 6.65. The van der Waals surface area contributed by atoms with Crippen molar-refractivity contribution in [2.45, 2.75) is 19.8 Å². The second-order valence-electron chi connectivity index (χ2n) is 4.81. The lowest BCUT2D eigenvalue weighted by atomic mass is 10.0. The van der Waals surface area contributed by atoms with Gasteiger partial charge >= 0.3 is 5.97 Å². The van der Waals surface area contributed by atoms with Gasteiger partial charge in [-0.1, -0.05) is 19.1 Å². The first-order valence-corrected chi connectivity index (χ1v) is 6.52. The summed E-state index contributed by atoms with van der Waals surface area (Å²) in [5, 5.41) is 15.5. The lowest BCUT2D eigenvalue weighted by molar-refractivity contribution is -0.138. The lowest BCUT2D eigenvalue weighted by Gasteiger charge is -2.12. The number of para-hydroxylation sites is 2. The molecule has 1 unspecified atom stereocenters. The zero-order chi connectivity index (χ0) is 15.2. The fraction of sp³-hybridized carbons (Fsp3) is 0.286. The number of nitrogens with one attached hydrogen (secondary N) is 1. The van der Waals surface area contributed by atoms with Crippen LogP contribution in [0.2, 0.25) is 0 Å². The Morgan fingerprint density at radius 3 is 2.76 bits per heavy atom. The van der Waals surface area contributed by atoms with Gasteiger partial charge in [0, 0.05) is 12.8 Å². The van der Waals surface area contributed by atoms with Crippen molar-refractivity contribution in [1.82, 2.24) is 14.8 Å². The van der Waals surface area contributed by atoms with Crippen molar-refractivity contribution in [3.8, 4) is 5.69 Å². The van der Waals surface area contributed by atoms with Crippen molar-refractivity contribution in [3.63, 3.8) is 0 Å². The highest BCUT2D eigenvalue weighted by Gasteiger charge is 2.14. The van der Waals surface area contributed by atoms with E-state index in [1.54, 1.807) is 23.7 Å². The molecule has 21 heavy (non-hydrogen) atoms. The summed E-state index contributed by atoms with van der Waals surface area (Å²) in [5.74, 6) is -1.35. The fourth-order valence-corrected chi connectivity index (χ4v) is 2.00. The van der Waals surface area contributed by atoms with Crippen molar-refractivity contribution in [2.75, 3.05) is 5.32 Å². The molecule has 7 nitrogen and oxygen atoms in total. The highest BCUT2D eigenvalue weighted by Crippen LogP contribution is 2.19. The molecule has 110 valence electrons. The number of carbonyl (C=O) groups is 2.